The van der Waals surface area contributed by atoms with Crippen LogP contribution in [0.2, 0.25) is 0 Å². The van der Waals surface area contributed by atoms with Crippen LogP contribution in [0.3, 0.4) is 0 Å². The molecule has 2 N–H and O–H groups in total. The largest absolute Gasteiger partial charge is 0.756 e. The van der Waals surface area contributed by atoms with Gasteiger partial charge >= 0.3 is 0 Å². The Balaban J connectivity index is 4.21. The molecule has 0 rings (SSSR count). The molecule has 0 aromatic rings. The van der Waals surface area contributed by atoms with E-state index in [0.29, 0.717) is 17.4 Å². The molecule has 69 heavy (non-hydrogen) atoms. The van der Waals surface area contributed by atoms with Crippen molar-refractivity contribution in [2.45, 2.75) is 251 Å². The SMILES string of the molecule is CC/C=C\C/C=C\C/C=C\C/C=C\CCCCCCCCCCCCCCCCCCC(=O)NC(COP(=O)([O-])OCC[N+](C)(C)C)C(O)/C=C/CC/C=C/CC/C=C/CCCCCCCCCC. The Labute approximate surface area is 426 Å². The van der Waals surface area contributed by atoms with E-state index in [2.05, 4.69) is 92.1 Å². The van der Waals surface area contributed by atoms with Crippen LogP contribution in [0.25, 0.3) is 0 Å². The number of amides is 1. The lowest BCUT2D eigenvalue weighted by Gasteiger charge is -2.29. The number of hydrogen-bond donors (Lipinski definition) is 2. The van der Waals surface area contributed by atoms with Crippen LogP contribution in [-0.2, 0) is 18.4 Å². The molecule has 0 bridgehead atoms. The smallest absolute Gasteiger partial charge is 0.268 e. The fourth-order valence-corrected chi connectivity index (χ4v) is 8.61. The van der Waals surface area contributed by atoms with Crippen molar-refractivity contribution in [2.24, 2.45) is 0 Å². The summed E-state index contributed by atoms with van der Waals surface area (Å²) in [5, 5.41) is 13.8. The van der Waals surface area contributed by atoms with Crippen molar-refractivity contribution < 1.29 is 32.9 Å². The Morgan fingerprint density at radius 2 is 0.899 bits per heavy atom. The molecule has 0 aliphatic rings. The van der Waals surface area contributed by atoms with Crippen molar-refractivity contribution in [2.75, 3.05) is 40.9 Å². The summed E-state index contributed by atoms with van der Waals surface area (Å²) in [4.78, 5) is 25.5. The Morgan fingerprint density at radius 3 is 1.35 bits per heavy atom. The zero-order valence-corrected chi connectivity index (χ0v) is 46.4. The van der Waals surface area contributed by atoms with E-state index >= 15 is 0 Å². The molecule has 400 valence electrons. The number of rotatable bonds is 51. The summed E-state index contributed by atoms with van der Waals surface area (Å²) in [6.07, 6.45) is 70.9. The monoisotopic (exact) mass is 985 g/mol. The summed E-state index contributed by atoms with van der Waals surface area (Å²) in [5.41, 5.74) is 0. The van der Waals surface area contributed by atoms with Gasteiger partial charge in [0.25, 0.3) is 7.82 Å². The van der Waals surface area contributed by atoms with E-state index in [1.807, 2.05) is 27.2 Å². The van der Waals surface area contributed by atoms with E-state index in [0.717, 1.165) is 70.6 Å². The average Bonchev–Trinajstić information content (AvgIpc) is 3.31. The fraction of sp³-hybridized carbons (Fsp3) is 0.750. The van der Waals surface area contributed by atoms with Crippen LogP contribution in [0, 0.1) is 0 Å². The summed E-state index contributed by atoms with van der Waals surface area (Å²) >= 11 is 0. The Hall–Kier alpha value is -2.32. The van der Waals surface area contributed by atoms with Gasteiger partial charge in [-0.25, -0.2) is 0 Å². The predicted octanol–water partition coefficient (Wildman–Crippen LogP) is 16.6. The lowest BCUT2D eigenvalue weighted by Crippen LogP contribution is -2.45. The topological polar surface area (TPSA) is 108 Å². The molecule has 3 atom stereocenters. The summed E-state index contributed by atoms with van der Waals surface area (Å²) in [5.74, 6) is -0.213. The molecule has 0 radical (unpaired) electrons. The number of carbonyl (C=O) groups excluding carboxylic acids is 1. The van der Waals surface area contributed by atoms with Gasteiger partial charge in [0.05, 0.1) is 39.9 Å². The van der Waals surface area contributed by atoms with Gasteiger partial charge in [-0.3, -0.25) is 9.36 Å². The second-order valence-electron chi connectivity index (χ2n) is 20.2. The first-order chi connectivity index (χ1) is 33.5. The maximum Gasteiger partial charge on any atom is 0.268 e. The lowest BCUT2D eigenvalue weighted by atomic mass is 10.0. The van der Waals surface area contributed by atoms with Gasteiger partial charge < -0.3 is 28.8 Å². The number of phosphoric ester groups is 1. The van der Waals surface area contributed by atoms with Crippen LogP contribution in [-0.4, -0.2) is 68.5 Å². The first-order valence-electron chi connectivity index (χ1n) is 28.4. The Morgan fingerprint density at radius 1 is 0.522 bits per heavy atom. The highest BCUT2D eigenvalue weighted by molar-refractivity contribution is 7.45. The Kier molecular flexibility index (Phi) is 48.9. The maximum absolute atomic E-state index is 13.0. The number of allylic oxidation sites excluding steroid dienone is 13. The van der Waals surface area contributed by atoms with E-state index in [1.165, 1.54) is 148 Å². The number of nitrogens with zero attached hydrogens (tertiary/aromatic N) is 1. The molecule has 0 aromatic carbocycles. The zero-order valence-electron chi connectivity index (χ0n) is 45.5. The number of phosphoric acid groups is 1. The van der Waals surface area contributed by atoms with E-state index in [9.17, 15) is 19.4 Å². The van der Waals surface area contributed by atoms with Gasteiger partial charge in [-0.1, -0.05) is 234 Å². The second-order valence-corrected chi connectivity index (χ2v) is 21.7. The lowest BCUT2D eigenvalue weighted by molar-refractivity contribution is -0.870. The van der Waals surface area contributed by atoms with E-state index < -0.39 is 26.6 Å². The molecule has 0 aliphatic carbocycles. The van der Waals surface area contributed by atoms with Crippen LogP contribution >= 0.6 is 7.82 Å². The zero-order chi connectivity index (χ0) is 50.6. The van der Waals surface area contributed by atoms with E-state index in [4.69, 9.17) is 9.05 Å². The van der Waals surface area contributed by atoms with Gasteiger partial charge in [0, 0.05) is 6.42 Å². The van der Waals surface area contributed by atoms with Gasteiger partial charge in [-0.2, -0.15) is 0 Å². The van der Waals surface area contributed by atoms with Crippen molar-refractivity contribution in [3.05, 3.63) is 85.1 Å². The molecule has 0 saturated carbocycles. The molecular weight excluding hydrogens is 876 g/mol. The van der Waals surface area contributed by atoms with Crippen molar-refractivity contribution in [1.82, 2.24) is 5.32 Å². The standard InChI is InChI=1S/C60H109N2O6P/c1-6-8-10-12-14-16-18-20-22-24-26-27-28-29-30-31-32-33-34-35-36-38-40-42-44-46-48-50-52-54-60(64)61-58(57-68-69(65,66)67-56-55-62(3,4)5)59(63)53-51-49-47-45-43-41-39-37-25-23-21-19-17-15-13-11-9-7-2/h8,10,14,16,20,22,25-27,37,43,45,51,53,58-59,63H,6-7,9,11-13,15,17-19,21,23-24,28-36,38-42,44,46-50,52,54-57H2,1-5H3,(H-,61,64,65,66)/b10-8-,16-14-,22-20-,27-26-,37-25+,45-43+,53-51+. The number of likely N-dealkylation sites (N-methyl/N-ethyl adjacent to an activating group) is 1. The molecule has 9 heteroatoms. The number of carbonyl (C=O) groups is 1. The quantitative estimate of drug-likeness (QED) is 0.0272. The first-order valence-corrected chi connectivity index (χ1v) is 29.9. The van der Waals surface area contributed by atoms with Crippen LogP contribution in [0.4, 0.5) is 0 Å². The summed E-state index contributed by atoms with van der Waals surface area (Å²) in [7, 11) is 1.23. The van der Waals surface area contributed by atoms with Crippen molar-refractivity contribution in [1.29, 1.82) is 0 Å². The molecule has 0 fully saturated rings. The summed E-state index contributed by atoms with van der Waals surface area (Å²) in [6.45, 7) is 4.51. The number of unbranched alkanes of at least 4 members (excludes halogenated alkanes) is 26. The van der Waals surface area contributed by atoms with Gasteiger partial charge in [0.15, 0.2) is 0 Å². The maximum atomic E-state index is 13.0. The molecule has 8 nitrogen and oxygen atoms in total. The van der Waals surface area contributed by atoms with Crippen molar-refractivity contribution in [3.8, 4) is 0 Å². The minimum Gasteiger partial charge on any atom is -0.756 e. The molecule has 0 aliphatic heterocycles. The van der Waals surface area contributed by atoms with Gasteiger partial charge in [-0.05, 0) is 83.5 Å². The number of quaternary nitrogens is 1. The third-order valence-corrected chi connectivity index (χ3v) is 13.3. The minimum atomic E-state index is -4.61. The highest BCUT2D eigenvalue weighted by atomic mass is 31.2. The number of hydrogen-bond acceptors (Lipinski definition) is 6. The van der Waals surface area contributed by atoms with E-state index in [1.54, 1.807) is 6.08 Å². The highest BCUT2D eigenvalue weighted by Gasteiger charge is 2.23. The van der Waals surface area contributed by atoms with Crippen LogP contribution in [0.15, 0.2) is 85.1 Å². The van der Waals surface area contributed by atoms with Crippen molar-refractivity contribution >= 4 is 13.7 Å². The van der Waals surface area contributed by atoms with Crippen LogP contribution < -0.4 is 10.2 Å². The molecule has 1 amide bonds. The normalized spacial score (nSPS) is 14.6. The summed E-state index contributed by atoms with van der Waals surface area (Å²) < 4.78 is 23.3. The van der Waals surface area contributed by atoms with Gasteiger partial charge in [0.2, 0.25) is 5.91 Å². The molecule has 0 heterocycles. The average molecular weight is 986 g/mol. The second kappa shape index (κ2) is 50.6. The molecular formula is C60H109N2O6P. The first kappa shape index (κ1) is 66.7. The van der Waals surface area contributed by atoms with Gasteiger partial charge in [-0.15, -0.1) is 0 Å². The number of aliphatic hydroxyl groups excluding tert-OH is 1. The fourth-order valence-electron chi connectivity index (χ4n) is 7.88. The molecule has 0 spiro atoms. The summed E-state index contributed by atoms with van der Waals surface area (Å²) in [6, 6.07) is -0.913. The van der Waals surface area contributed by atoms with Crippen LogP contribution in [0.5, 0.6) is 0 Å². The molecule has 0 aromatic heterocycles. The van der Waals surface area contributed by atoms with Crippen molar-refractivity contribution in [3.63, 3.8) is 0 Å². The van der Waals surface area contributed by atoms with Gasteiger partial charge in [0.1, 0.15) is 13.2 Å². The van der Waals surface area contributed by atoms with E-state index in [-0.39, 0.29) is 12.5 Å². The highest BCUT2D eigenvalue weighted by Crippen LogP contribution is 2.38. The third-order valence-electron chi connectivity index (χ3n) is 12.3. The molecule has 0 saturated heterocycles. The Bertz CT molecular complexity index is 1400. The predicted molar refractivity (Wildman–Crippen MR) is 297 cm³/mol. The third kappa shape index (κ3) is 53.3. The number of nitrogens with one attached hydrogen (secondary N) is 1. The molecule has 3 unspecified atom stereocenters. The minimum absolute atomic E-state index is 0.0114. The number of aliphatic hydroxyl groups is 1. The van der Waals surface area contributed by atoms with Crippen LogP contribution in [0.1, 0.15) is 239 Å².